The van der Waals surface area contributed by atoms with Crippen molar-refractivity contribution in [2.45, 2.75) is 38.3 Å². The fourth-order valence-corrected chi connectivity index (χ4v) is 4.12. The zero-order chi connectivity index (χ0) is 18.5. The van der Waals surface area contributed by atoms with Gasteiger partial charge in [0.15, 0.2) is 0 Å². The van der Waals surface area contributed by atoms with Gasteiger partial charge in [-0.1, -0.05) is 30.3 Å². The van der Waals surface area contributed by atoms with Gasteiger partial charge < -0.3 is 10.6 Å². The largest absolute Gasteiger partial charge is 0.349 e. The summed E-state index contributed by atoms with van der Waals surface area (Å²) in [5.74, 6) is 0.0389. The van der Waals surface area contributed by atoms with E-state index in [1.165, 1.54) is 37.1 Å². The molecule has 0 aliphatic carbocycles. The summed E-state index contributed by atoms with van der Waals surface area (Å²) in [6.45, 7) is 5.39. The second-order valence-electron chi connectivity index (χ2n) is 7.76. The molecule has 158 valence electrons. The molecule has 2 fully saturated rings. The molecule has 2 heterocycles. The Hall–Kier alpha value is -1.59. The highest BCUT2D eigenvalue weighted by molar-refractivity contribution is 5.95. The second kappa shape index (κ2) is 11.6. The summed E-state index contributed by atoms with van der Waals surface area (Å²) in [4.78, 5) is 15.2. The van der Waals surface area contributed by atoms with E-state index in [1.807, 2.05) is 18.2 Å². The molecule has 0 aromatic heterocycles. The van der Waals surface area contributed by atoms with Crippen molar-refractivity contribution in [2.24, 2.45) is 0 Å². The summed E-state index contributed by atoms with van der Waals surface area (Å²) >= 11 is 0. The lowest BCUT2D eigenvalue weighted by Crippen LogP contribution is -2.42. The van der Waals surface area contributed by atoms with E-state index < -0.39 is 0 Å². The van der Waals surface area contributed by atoms with Crippen molar-refractivity contribution in [1.82, 2.24) is 15.5 Å². The Labute approximate surface area is 186 Å². The van der Waals surface area contributed by atoms with Crippen LogP contribution in [0.1, 0.15) is 41.6 Å². The Morgan fingerprint density at radius 1 is 0.966 bits per heavy atom. The van der Waals surface area contributed by atoms with Crippen LogP contribution in [0.2, 0.25) is 0 Å². The lowest BCUT2D eigenvalue weighted by Gasteiger charge is -2.23. The molecule has 29 heavy (non-hydrogen) atoms. The highest BCUT2D eigenvalue weighted by atomic mass is 35.5. The number of amides is 1. The molecule has 6 heteroatoms. The van der Waals surface area contributed by atoms with E-state index in [0.29, 0.717) is 0 Å². The molecule has 2 aromatic rings. The third kappa shape index (κ3) is 6.45. The van der Waals surface area contributed by atoms with Crippen LogP contribution in [0.25, 0.3) is 11.1 Å². The van der Waals surface area contributed by atoms with Crippen molar-refractivity contribution < 1.29 is 4.79 Å². The van der Waals surface area contributed by atoms with Gasteiger partial charge in [-0.3, -0.25) is 9.69 Å². The number of hydrogen-bond donors (Lipinski definition) is 2. The summed E-state index contributed by atoms with van der Waals surface area (Å²) < 4.78 is 0. The molecular formula is C23H31Cl2N3O. The van der Waals surface area contributed by atoms with Crippen molar-refractivity contribution in [1.29, 1.82) is 0 Å². The Morgan fingerprint density at radius 3 is 2.34 bits per heavy atom. The number of carbonyl (C=O) groups is 1. The van der Waals surface area contributed by atoms with E-state index in [-0.39, 0.29) is 36.8 Å². The standard InChI is InChI=1S/C23H29N3O.2ClH/c27-23(25-22-9-11-24-12-10-22)21-8-4-7-20(16-21)19-6-3-5-18(15-19)17-26-13-1-2-14-26;;/h3-8,15-16,22,24H,1-2,9-14,17H2,(H,25,27);2*1H. The number of likely N-dealkylation sites (tertiary alicyclic amines) is 1. The Balaban J connectivity index is 0.00000150. The number of piperidine rings is 1. The van der Waals surface area contributed by atoms with E-state index in [2.05, 4.69) is 45.9 Å². The quantitative estimate of drug-likeness (QED) is 0.736. The van der Waals surface area contributed by atoms with Crippen LogP contribution >= 0.6 is 24.8 Å². The first-order valence-electron chi connectivity index (χ1n) is 10.2. The normalized spacial score (nSPS) is 17.2. The fourth-order valence-electron chi connectivity index (χ4n) is 4.12. The van der Waals surface area contributed by atoms with Gasteiger partial charge in [-0.25, -0.2) is 0 Å². The predicted molar refractivity (Wildman–Crippen MR) is 124 cm³/mol. The van der Waals surface area contributed by atoms with Crippen LogP contribution in [-0.4, -0.2) is 43.0 Å². The van der Waals surface area contributed by atoms with Crippen LogP contribution in [0.15, 0.2) is 48.5 Å². The number of nitrogens with one attached hydrogen (secondary N) is 2. The first kappa shape index (κ1) is 23.7. The topological polar surface area (TPSA) is 44.4 Å². The van der Waals surface area contributed by atoms with Crippen LogP contribution in [0.3, 0.4) is 0 Å². The van der Waals surface area contributed by atoms with Crippen LogP contribution in [-0.2, 0) is 6.54 Å². The van der Waals surface area contributed by atoms with Crippen molar-refractivity contribution in [2.75, 3.05) is 26.2 Å². The molecular weight excluding hydrogens is 405 g/mol. The minimum atomic E-state index is 0. The van der Waals surface area contributed by atoms with E-state index >= 15 is 0 Å². The molecule has 0 bridgehead atoms. The highest BCUT2D eigenvalue weighted by Crippen LogP contribution is 2.23. The summed E-state index contributed by atoms with van der Waals surface area (Å²) in [7, 11) is 0. The van der Waals surface area contributed by atoms with Gasteiger partial charge in [-0.15, -0.1) is 24.8 Å². The highest BCUT2D eigenvalue weighted by Gasteiger charge is 2.17. The zero-order valence-electron chi connectivity index (χ0n) is 16.7. The Morgan fingerprint density at radius 2 is 1.62 bits per heavy atom. The molecule has 2 saturated heterocycles. The molecule has 0 radical (unpaired) electrons. The molecule has 4 nitrogen and oxygen atoms in total. The summed E-state index contributed by atoms with van der Waals surface area (Å²) in [5, 5.41) is 6.52. The van der Waals surface area contributed by atoms with E-state index in [9.17, 15) is 4.79 Å². The summed E-state index contributed by atoms with van der Waals surface area (Å²) in [5.41, 5.74) is 4.38. The fraction of sp³-hybridized carbons (Fsp3) is 0.435. The maximum Gasteiger partial charge on any atom is 0.251 e. The summed E-state index contributed by atoms with van der Waals surface area (Å²) in [6, 6.07) is 17.0. The SMILES string of the molecule is Cl.Cl.O=C(NC1CCNCC1)c1cccc(-c2cccc(CN3CCCC3)c2)c1. The van der Waals surface area contributed by atoms with Gasteiger partial charge in [0.25, 0.3) is 5.91 Å². The first-order valence-corrected chi connectivity index (χ1v) is 10.2. The van der Waals surface area contributed by atoms with Gasteiger partial charge in [-0.2, -0.15) is 0 Å². The minimum Gasteiger partial charge on any atom is -0.349 e. The third-order valence-corrected chi connectivity index (χ3v) is 5.66. The Kier molecular flexibility index (Phi) is 9.44. The number of benzene rings is 2. The lowest BCUT2D eigenvalue weighted by atomic mass is 10.00. The average molecular weight is 436 g/mol. The molecule has 0 spiro atoms. The first-order chi connectivity index (χ1) is 13.3. The van der Waals surface area contributed by atoms with E-state index in [1.54, 1.807) is 0 Å². The number of hydrogen-bond acceptors (Lipinski definition) is 3. The molecule has 2 aliphatic rings. The van der Waals surface area contributed by atoms with Crippen LogP contribution < -0.4 is 10.6 Å². The number of rotatable bonds is 5. The van der Waals surface area contributed by atoms with Gasteiger partial charge in [0.05, 0.1) is 0 Å². The molecule has 4 rings (SSSR count). The van der Waals surface area contributed by atoms with Crippen LogP contribution in [0.4, 0.5) is 0 Å². The molecule has 0 unspecified atom stereocenters. The third-order valence-electron chi connectivity index (χ3n) is 5.66. The van der Waals surface area contributed by atoms with Crippen LogP contribution in [0.5, 0.6) is 0 Å². The molecule has 2 aromatic carbocycles. The van der Waals surface area contributed by atoms with Crippen LogP contribution in [0, 0.1) is 0 Å². The van der Waals surface area contributed by atoms with Gasteiger partial charge in [0.2, 0.25) is 0 Å². The monoisotopic (exact) mass is 435 g/mol. The van der Waals surface area contributed by atoms with E-state index in [4.69, 9.17) is 0 Å². The van der Waals surface area contributed by atoms with Crippen molar-refractivity contribution >= 4 is 30.7 Å². The van der Waals surface area contributed by atoms with Gasteiger partial charge >= 0.3 is 0 Å². The van der Waals surface area contributed by atoms with Gasteiger partial charge in [0.1, 0.15) is 0 Å². The van der Waals surface area contributed by atoms with Gasteiger partial charge in [0, 0.05) is 18.2 Å². The zero-order valence-corrected chi connectivity index (χ0v) is 18.4. The molecule has 2 N–H and O–H groups in total. The molecule has 0 saturated carbocycles. The Bertz CT molecular complexity index is 787. The molecule has 2 aliphatic heterocycles. The predicted octanol–water partition coefficient (Wildman–Crippen LogP) is 4.27. The van der Waals surface area contributed by atoms with Crippen molar-refractivity contribution in [3.8, 4) is 11.1 Å². The maximum absolute atomic E-state index is 12.7. The molecule has 1 amide bonds. The number of carbonyl (C=O) groups excluding carboxylic acids is 1. The van der Waals surface area contributed by atoms with E-state index in [0.717, 1.165) is 43.6 Å². The average Bonchev–Trinajstić information content (AvgIpc) is 3.22. The molecule has 0 atom stereocenters. The van der Waals surface area contributed by atoms with Crippen molar-refractivity contribution in [3.05, 3.63) is 59.7 Å². The van der Waals surface area contributed by atoms with Crippen molar-refractivity contribution in [3.63, 3.8) is 0 Å². The number of halogens is 2. The minimum absolute atomic E-state index is 0. The summed E-state index contributed by atoms with van der Waals surface area (Å²) in [6.07, 6.45) is 4.63. The smallest absolute Gasteiger partial charge is 0.251 e. The lowest BCUT2D eigenvalue weighted by molar-refractivity contribution is 0.0929. The van der Waals surface area contributed by atoms with Gasteiger partial charge in [-0.05, 0) is 86.8 Å². The second-order valence-corrected chi connectivity index (χ2v) is 7.76. The maximum atomic E-state index is 12.7. The number of nitrogens with zero attached hydrogens (tertiary/aromatic N) is 1.